The third-order valence-corrected chi connectivity index (χ3v) is 4.55. The zero-order chi connectivity index (χ0) is 22.5. The minimum Gasteiger partial charge on any atom is -0.488 e. The van der Waals surface area contributed by atoms with Crippen molar-refractivity contribution in [2.24, 2.45) is 0 Å². The Morgan fingerprint density at radius 2 is 1.71 bits per heavy atom. The van der Waals surface area contributed by atoms with Gasteiger partial charge in [0.15, 0.2) is 0 Å². The molecule has 0 saturated heterocycles. The van der Waals surface area contributed by atoms with Gasteiger partial charge in [-0.3, -0.25) is 4.79 Å². The van der Waals surface area contributed by atoms with Crippen LogP contribution in [0.3, 0.4) is 0 Å². The fourth-order valence-corrected chi connectivity index (χ4v) is 2.94. The number of nitrogens with zero attached hydrogens (tertiary/aromatic N) is 1. The summed E-state index contributed by atoms with van der Waals surface area (Å²) in [6.07, 6.45) is 0.760. The molecule has 0 aliphatic rings. The summed E-state index contributed by atoms with van der Waals surface area (Å²) in [7, 11) is 3.26. The second-order valence-electron chi connectivity index (χ2n) is 6.86. The van der Waals surface area contributed by atoms with Crippen molar-refractivity contribution >= 4 is 17.7 Å². The van der Waals surface area contributed by atoms with Gasteiger partial charge in [0.2, 0.25) is 0 Å². The number of aliphatic hydroxyl groups is 1. The lowest BCUT2D eigenvalue weighted by atomic mass is 10.2. The minimum atomic E-state index is -0.198. The predicted molar refractivity (Wildman–Crippen MR) is 121 cm³/mol. The van der Waals surface area contributed by atoms with Gasteiger partial charge in [-0.25, -0.2) is 0 Å². The van der Waals surface area contributed by atoms with Gasteiger partial charge in [0.1, 0.15) is 37.7 Å². The molecular weight excluding hydrogens is 400 g/mol. The van der Waals surface area contributed by atoms with Crippen LogP contribution in [0, 0.1) is 6.92 Å². The van der Waals surface area contributed by atoms with Crippen molar-refractivity contribution in [2.75, 3.05) is 70.7 Å². The van der Waals surface area contributed by atoms with Crippen LogP contribution in [0.1, 0.15) is 15.9 Å². The van der Waals surface area contributed by atoms with Crippen LogP contribution >= 0.6 is 0 Å². The third-order valence-electron chi connectivity index (χ3n) is 4.55. The maximum atomic E-state index is 11.2. The molecule has 2 aromatic carbocycles. The van der Waals surface area contributed by atoms with E-state index in [1.807, 2.05) is 25.1 Å². The number of aldehydes is 1. The minimum absolute atomic E-state index is 0.198. The van der Waals surface area contributed by atoms with Crippen molar-refractivity contribution < 1.29 is 28.8 Å². The molecule has 0 bridgehead atoms. The van der Waals surface area contributed by atoms with Gasteiger partial charge in [0.05, 0.1) is 24.6 Å². The molecule has 0 fully saturated rings. The molecule has 8 nitrogen and oxygen atoms in total. The first-order valence-electron chi connectivity index (χ1n) is 10.2. The summed E-state index contributed by atoms with van der Waals surface area (Å²) in [5.41, 5.74) is 3.15. The van der Waals surface area contributed by atoms with Crippen LogP contribution in [0.4, 0.5) is 11.4 Å². The molecular formula is C23H32N2O6. The third kappa shape index (κ3) is 7.75. The Hall–Kier alpha value is -2.81. The molecule has 0 aliphatic heterocycles. The van der Waals surface area contributed by atoms with Crippen molar-refractivity contribution in [1.82, 2.24) is 0 Å². The lowest BCUT2D eigenvalue weighted by molar-refractivity contribution is 0.112. The number of anilines is 2. The largest absolute Gasteiger partial charge is 0.488 e. The number of ether oxygens (including phenoxy) is 4. The number of carbonyl (C=O) groups excluding carboxylic acids is 1. The van der Waals surface area contributed by atoms with Crippen molar-refractivity contribution in [3.05, 3.63) is 47.5 Å². The first-order chi connectivity index (χ1) is 15.1. The second-order valence-corrected chi connectivity index (χ2v) is 6.86. The van der Waals surface area contributed by atoms with Gasteiger partial charge >= 0.3 is 0 Å². The Labute approximate surface area is 183 Å². The zero-order valence-corrected chi connectivity index (χ0v) is 18.4. The van der Waals surface area contributed by atoms with E-state index in [0.29, 0.717) is 49.9 Å². The summed E-state index contributed by atoms with van der Waals surface area (Å²) in [4.78, 5) is 12.9. The van der Waals surface area contributed by atoms with Crippen molar-refractivity contribution in [2.45, 2.75) is 6.92 Å². The molecule has 0 heterocycles. The molecule has 0 atom stereocenters. The molecule has 2 aromatic rings. The zero-order valence-electron chi connectivity index (χ0n) is 18.4. The first kappa shape index (κ1) is 24.5. The molecule has 0 unspecified atom stereocenters. The summed E-state index contributed by atoms with van der Waals surface area (Å²) in [5.74, 6) is 1.24. The number of methoxy groups -OCH3 is 2. The van der Waals surface area contributed by atoms with E-state index >= 15 is 0 Å². The van der Waals surface area contributed by atoms with Crippen LogP contribution in [0.25, 0.3) is 0 Å². The maximum absolute atomic E-state index is 11.2. The van der Waals surface area contributed by atoms with Gasteiger partial charge < -0.3 is 34.3 Å². The number of benzene rings is 2. The Morgan fingerprint density at radius 1 is 0.968 bits per heavy atom. The van der Waals surface area contributed by atoms with Gasteiger partial charge in [-0.15, -0.1) is 0 Å². The molecule has 8 heteroatoms. The Balaban J connectivity index is 2.03. The lowest BCUT2D eigenvalue weighted by Gasteiger charge is -2.24. The molecule has 0 aliphatic carbocycles. The van der Waals surface area contributed by atoms with Gasteiger partial charge in [0, 0.05) is 32.9 Å². The summed E-state index contributed by atoms with van der Waals surface area (Å²) in [6.45, 7) is 4.59. The smallest absolute Gasteiger partial charge is 0.150 e. The number of carbonyl (C=O) groups is 1. The number of aryl methyl sites for hydroxylation is 1. The van der Waals surface area contributed by atoms with Crippen LogP contribution in [0.2, 0.25) is 0 Å². The van der Waals surface area contributed by atoms with E-state index in [1.165, 1.54) is 0 Å². The second kappa shape index (κ2) is 13.5. The van der Waals surface area contributed by atoms with Crippen LogP contribution in [0.5, 0.6) is 11.5 Å². The highest BCUT2D eigenvalue weighted by molar-refractivity contribution is 5.78. The molecule has 0 saturated carbocycles. The summed E-state index contributed by atoms with van der Waals surface area (Å²) >= 11 is 0. The molecule has 2 rings (SSSR count). The van der Waals surface area contributed by atoms with Crippen LogP contribution in [0.15, 0.2) is 36.4 Å². The van der Waals surface area contributed by atoms with E-state index in [0.717, 1.165) is 23.3 Å². The van der Waals surface area contributed by atoms with Gasteiger partial charge in [-0.05, 0) is 42.8 Å². The van der Waals surface area contributed by atoms with Crippen LogP contribution in [-0.4, -0.2) is 71.9 Å². The molecule has 0 spiro atoms. The van der Waals surface area contributed by atoms with Gasteiger partial charge in [-0.1, -0.05) is 6.07 Å². The first-order valence-corrected chi connectivity index (χ1v) is 10.2. The van der Waals surface area contributed by atoms with E-state index < -0.39 is 0 Å². The number of hydrogen-bond acceptors (Lipinski definition) is 8. The standard InChI is InChI=1S/C23H32N2O6/c1-18-4-6-20(24-8-10-28-2)22(14-18)30-12-13-31-23-15-19(16-26)5-7-21(23)25(17-27)9-11-29-3/h4-7,14-16,24,27H,8-13,17H2,1-3H3. The van der Waals surface area contributed by atoms with E-state index in [4.69, 9.17) is 18.9 Å². The fraction of sp³-hybridized carbons (Fsp3) is 0.435. The van der Waals surface area contributed by atoms with Gasteiger partial charge in [-0.2, -0.15) is 0 Å². The molecule has 170 valence electrons. The highest BCUT2D eigenvalue weighted by Gasteiger charge is 2.13. The Kier molecular flexibility index (Phi) is 10.6. The van der Waals surface area contributed by atoms with Crippen molar-refractivity contribution in [1.29, 1.82) is 0 Å². The molecule has 2 N–H and O–H groups in total. The topological polar surface area (TPSA) is 89.5 Å². The number of aliphatic hydroxyl groups excluding tert-OH is 1. The maximum Gasteiger partial charge on any atom is 0.150 e. The summed E-state index contributed by atoms with van der Waals surface area (Å²) in [5, 5.41) is 13.0. The quantitative estimate of drug-likeness (QED) is 0.252. The molecule has 0 radical (unpaired) electrons. The van der Waals surface area contributed by atoms with E-state index in [9.17, 15) is 9.90 Å². The normalized spacial score (nSPS) is 10.6. The van der Waals surface area contributed by atoms with Crippen molar-refractivity contribution in [3.8, 4) is 11.5 Å². The van der Waals surface area contributed by atoms with Crippen molar-refractivity contribution in [3.63, 3.8) is 0 Å². The number of hydrogen-bond donors (Lipinski definition) is 2. The van der Waals surface area contributed by atoms with E-state index in [2.05, 4.69) is 5.32 Å². The van der Waals surface area contributed by atoms with E-state index in [1.54, 1.807) is 37.3 Å². The summed E-state index contributed by atoms with van der Waals surface area (Å²) in [6, 6.07) is 11.0. The highest BCUT2D eigenvalue weighted by atomic mass is 16.5. The van der Waals surface area contributed by atoms with E-state index in [-0.39, 0.29) is 13.3 Å². The Bertz CT molecular complexity index is 815. The fourth-order valence-electron chi connectivity index (χ4n) is 2.94. The van der Waals surface area contributed by atoms with Gasteiger partial charge in [0.25, 0.3) is 0 Å². The monoisotopic (exact) mass is 432 g/mol. The average molecular weight is 433 g/mol. The Morgan fingerprint density at radius 3 is 2.39 bits per heavy atom. The molecule has 31 heavy (non-hydrogen) atoms. The highest BCUT2D eigenvalue weighted by Crippen LogP contribution is 2.30. The van der Waals surface area contributed by atoms with Crippen LogP contribution in [-0.2, 0) is 9.47 Å². The summed E-state index contributed by atoms with van der Waals surface area (Å²) < 4.78 is 22.0. The lowest BCUT2D eigenvalue weighted by Crippen LogP contribution is -2.28. The number of nitrogens with one attached hydrogen (secondary N) is 1. The van der Waals surface area contributed by atoms with Crippen LogP contribution < -0.4 is 19.7 Å². The average Bonchev–Trinajstić information content (AvgIpc) is 2.79. The number of rotatable bonds is 15. The molecule has 0 amide bonds. The molecule has 0 aromatic heterocycles. The predicted octanol–water partition coefficient (Wildman–Crippen LogP) is 2.73. The SMILES string of the molecule is COCCNc1ccc(C)cc1OCCOc1cc(C=O)ccc1N(CO)CCOC.